The summed E-state index contributed by atoms with van der Waals surface area (Å²) in [6, 6.07) is 5.22. The maximum Gasteiger partial charge on any atom is 0.254 e. The Hall–Kier alpha value is -3.14. The Morgan fingerprint density at radius 2 is 1.71 bits per heavy atom. The van der Waals surface area contributed by atoms with Crippen molar-refractivity contribution in [3.63, 3.8) is 0 Å². The lowest BCUT2D eigenvalue weighted by Crippen LogP contribution is -2.48. The summed E-state index contributed by atoms with van der Waals surface area (Å²) in [5.74, 6) is 3.08. The molecule has 0 atom stereocenters. The molecule has 10 heteroatoms. The fourth-order valence-electron chi connectivity index (χ4n) is 4.55. The van der Waals surface area contributed by atoms with Crippen molar-refractivity contribution in [3.05, 3.63) is 35.5 Å². The van der Waals surface area contributed by atoms with E-state index in [2.05, 4.69) is 22.0 Å². The Balaban J connectivity index is 1.22. The van der Waals surface area contributed by atoms with E-state index in [1.54, 1.807) is 32.4 Å². The van der Waals surface area contributed by atoms with Gasteiger partial charge < -0.3 is 23.8 Å². The topological polar surface area (TPSA) is 101 Å². The Morgan fingerprint density at radius 1 is 1.00 bits per heavy atom. The molecule has 3 heterocycles. The molecular formula is C25H35N5O5. The van der Waals surface area contributed by atoms with E-state index in [9.17, 15) is 9.59 Å². The number of hydrogen-bond acceptors (Lipinski definition) is 8. The first-order chi connectivity index (χ1) is 17.0. The fraction of sp³-hybridized carbons (Fsp3) is 0.600. The minimum atomic E-state index is -0.0275. The minimum Gasteiger partial charge on any atom is -0.493 e. The number of benzene rings is 1. The van der Waals surface area contributed by atoms with Gasteiger partial charge in [0.05, 0.1) is 20.8 Å². The fourth-order valence-corrected chi connectivity index (χ4v) is 4.55. The van der Waals surface area contributed by atoms with Gasteiger partial charge in [0.1, 0.15) is 0 Å². The normalized spacial score (nSPS) is 17.5. The van der Waals surface area contributed by atoms with Crippen LogP contribution in [0.5, 0.6) is 11.5 Å². The number of aryl methyl sites for hydroxylation is 1. The first kappa shape index (κ1) is 25.0. The lowest BCUT2D eigenvalue weighted by atomic mass is 9.99. The summed E-state index contributed by atoms with van der Waals surface area (Å²) in [6.45, 7) is 7.13. The molecule has 2 aromatic rings. The number of amides is 2. The molecule has 2 amide bonds. The molecule has 0 spiro atoms. The molecule has 4 rings (SSSR count). The zero-order chi connectivity index (χ0) is 24.8. The summed E-state index contributed by atoms with van der Waals surface area (Å²) in [5.41, 5.74) is 0.576. The number of ether oxygens (including phenoxy) is 2. The second-order valence-electron chi connectivity index (χ2n) is 9.31. The van der Waals surface area contributed by atoms with Crippen molar-refractivity contribution < 1.29 is 23.6 Å². The maximum absolute atomic E-state index is 12.9. The molecule has 0 aliphatic carbocycles. The van der Waals surface area contributed by atoms with E-state index >= 15 is 0 Å². The molecule has 1 aromatic heterocycles. The average Bonchev–Trinajstić information content (AvgIpc) is 3.34. The highest BCUT2D eigenvalue weighted by Crippen LogP contribution is 2.28. The van der Waals surface area contributed by atoms with E-state index < -0.39 is 0 Å². The quantitative estimate of drug-likeness (QED) is 0.561. The largest absolute Gasteiger partial charge is 0.493 e. The molecule has 0 bridgehead atoms. The van der Waals surface area contributed by atoms with Gasteiger partial charge in [-0.15, -0.1) is 0 Å². The molecule has 1 aromatic carbocycles. The van der Waals surface area contributed by atoms with Gasteiger partial charge >= 0.3 is 0 Å². The van der Waals surface area contributed by atoms with Crippen molar-refractivity contribution >= 4 is 11.8 Å². The van der Waals surface area contributed by atoms with Crippen LogP contribution in [0.25, 0.3) is 0 Å². The van der Waals surface area contributed by atoms with Gasteiger partial charge in [0.15, 0.2) is 17.3 Å². The highest BCUT2D eigenvalue weighted by Gasteiger charge is 2.25. The monoisotopic (exact) mass is 485 g/mol. The smallest absolute Gasteiger partial charge is 0.254 e. The molecule has 2 saturated heterocycles. The van der Waals surface area contributed by atoms with Crippen LogP contribution in [0, 0.1) is 5.92 Å². The number of carbonyl (C=O) groups is 2. The summed E-state index contributed by atoms with van der Waals surface area (Å²) in [5, 5.41) is 4.09. The summed E-state index contributed by atoms with van der Waals surface area (Å²) in [4.78, 5) is 35.8. The highest BCUT2D eigenvalue weighted by molar-refractivity contribution is 5.95. The summed E-state index contributed by atoms with van der Waals surface area (Å²) >= 11 is 0. The number of rotatable bonds is 8. The van der Waals surface area contributed by atoms with E-state index in [4.69, 9.17) is 14.0 Å². The minimum absolute atomic E-state index is 0.0275. The Morgan fingerprint density at radius 3 is 2.40 bits per heavy atom. The van der Waals surface area contributed by atoms with Gasteiger partial charge in [-0.1, -0.05) is 12.1 Å². The number of hydrogen-bond donors (Lipinski definition) is 0. The van der Waals surface area contributed by atoms with Gasteiger partial charge in [-0.05, 0) is 37.0 Å². The molecule has 2 aliphatic rings. The number of carbonyl (C=O) groups excluding carboxylic acids is 2. The van der Waals surface area contributed by atoms with E-state index in [0.29, 0.717) is 67.2 Å². The predicted octanol–water partition coefficient (Wildman–Crippen LogP) is 2.24. The Labute approximate surface area is 206 Å². The molecule has 0 N–H and O–H groups in total. The predicted molar refractivity (Wildman–Crippen MR) is 128 cm³/mol. The first-order valence-electron chi connectivity index (χ1n) is 12.3. The third-order valence-electron chi connectivity index (χ3n) is 6.85. The van der Waals surface area contributed by atoms with Gasteiger partial charge in [0, 0.05) is 57.7 Å². The van der Waals surface area contributed by atoms with Crippen LogP contribution in [0.3, 0.4) is 0 Å². The lowest BCUT2D eigenvalue weighted by Gasteiger charge is -2.34. The number of piperidine rings is 1. The van der Waals surface area contributed by atoms with E-state index in [-0.39, 0.29) is 11.8 Å². The van der Waals surface area contributed by atoms with Crippen LogP contribution in [0.4, 0.5) is 0 Å². The second-order valence-corrected chi connectivity index (χ2v) is 9.31. The number of likely N-dealkylation sites (tertiary alicyclic amines) is 1. The average molecular weight is 486 g/mol. The van der Waals surface area contributed by atoms with Crippen molar-refractivity contribution in [2.24, 2.45) is 5.92 Å². The number of methoxy groups -OCH3 is 2. The maximum atomic E-state index is 12.9. The molecule has 2 fully saturated rings. The van der Waals surface area contributed by atoms with Crippen LogP contribution >= 0.6 is 0 Å². The van der Waals surface area contributed by atoms with E-state index in [0.717, 1.165) is 39.0 Å². The van der Waals surface area contributed by atoms with Crippen molar-refractivity contribution in [1.82, 2.24) is 24.8 Å². The van der Waals surface area contributed by atoms with Crippen LogP contribution in [0.2, 0.25) is 0 Å². The standard InChI is InChI=1S/C25H35N5O5/c1-18-8-10-29(11-9-18)24(31)7-6-23-26-22(27-35-23)17-28-12-14-30(15-13-28)25(32)19-4-5-20(33-2)21(16-19)34-3/h4-5,16,18H,6-15,17H2,1-3H3. The molecule has 2 aliphatic heterocycles. The van der Waals surface area contributed by atoms with Gasteiger partial charge in [-0.25, -0.2) is 0 Å². The van der Waals surface area contributed by atoms with Crippen LogP contribution in [-0.4, -0.2) is 90.1 Å². The highest BCUT2D eigenvalue weighted by atomic mass is 16.5. The van der Waals surface area contributed by atoms with Crippen molar-refractivity contribution in [2.75, 3.05) is 53.5 Å². The summed E-state index contributed by atoms with van der Waals surface area (Å²) < 4.78 is 15.9. The molecule has 0 radical (unpaired) electrons. The number of aromatic nitrogens is 2. The Bertz CT molecular complexity index is 1010. The molecule has 190 valence electrons. The Kier molecular flexibility index (Phi) is 8.22. The van der Waals surface area contributed by atoms with Crippen LogP contribution in [-0.2, 0) is 17.8 Å². The third-order valence-corrected chi connectivity index (χ3v) is 6.85. The van der Waals surface area contributed by atoms with Crippen molar-refractivity contribution in [2.45, 2.75) is 39.2 Å². The van der Waals surface area contributed by atoms with Crippen molar-refractivity contribution in [1.29, 1.82) is 0 Å². The number of piperazine rings is 1. The summed E-state index contributed by atoms with van der Waals surface area (Å²) in [6.07, 6.45) is 3.01. The molecule has 0 saturated carbocycles. The zero-order valence-corrected chi connectivity index (χ0v) is 20.9. The third kappa shape index (κ3) is 6.30. The van der Waals surface area contributed by atoms with Gasteiger partial charge in [-0.3, -0.25) is 14.5 Å². The number of nitrogens with zero attached hydrogens (tertiary/aromatic N) is 5. The SMILES string of the molecule is COc1ccc(C(=O)N2CCN(Cc3noc(CCC(=O)N4CCC(C)CC4)n3)CC2)cc1OC. The van der Waals surface area contributed by atoms with Crippen molar-refractivity contribution in [3.8, 4) is 11.5 Å². The van der Waals surface area contributed by atoms with Crippen LogP contribution in [0.15, 0.2) is 22.7 Å². The molecular weight excluding hydrogens is 450 g/mol. The van der Waals surface area contributed by atoms with Crippen LogP contribution in [0.1, 0.15) is 48.3 Å². The second kappa shape index (κ2) is 11.5. The first-order valence-corrected chi connectivity index (χ1v) is 12.3. The van der Waals surface area contributed by atoms with Crippen LogP contribution < -0.4 is 9.47 Å². The van der Waals surface area contributed by atoms with Gasteiger partial charge in [0.2, 0.25) is 11.8 Å². The molecule has 10 nitrogen and oxygen atoms in total. The van der Waals surface area contributed by atoms with E-state index in [1.165, 1.54) is 0 Å². The van der Waals surface area contributed by atoms with Gasteiger partial charge in [-0.2, -0.15) is 4.98 Å². The zero-order valence-electron chi connectivity index (χ0n) is 20.9. The molecule has 0 unspecified atom stereocenters. The van der Waals surface area contributed by atoms with Gasteiger partial charge in [0.25, 0.3) is 5.91 Å². The van der Waals surface area contributed by atoms with E-state index in [1.807, 2.05) is 9.80 Å². The lowest BCUT2D eigenvalue weighted by molar-refractivity contribution is -0.132. The molecule has 35 heavy (non-hydrogen) atoms. The summed E-state index contributed by atoms with van der Waals surface area (Å²) in [7, 11) is 3.13.